The number of ether oxygens (including phenoxy) is 3. The summed E-state index contributed by atoms with van der Waals surface area (Å²) in [4.78, 5) is 26.0. The lowest BCUT2D eigenvalue weighted by Crippen LogP contribution is -2.38. The monoisotopic (exact) mass is 461 g/mol. The molecular formula is C23H28FN3O6. The lowest BCUT2D eigenvalue weighted by molar-refractivity contribution is -0.129. The van der Waals surface area contributed by atoms with Crippen LogP contribution in [0.4, 0.5) is 10.1 Å². The van der Waals surface area contributed by atoms with E-state index < -0.39 is 11.7 Å². The van der Waals surface area contributed by atoms with Crippen LogP contribution in [0.5, 0.6) is 11.5 Å². The van der Waals surface area contributed by atoms with Crippen molar-refractivity contribution in [3.05, 3.63) is 53.3 Å². The Hall–Kier alpha value is -3.37. The van der Waals surface area contributed by atoms with Crippen molar-refractivity contribution in [2.75, 3.05) is 44.9 Å². The molecule has 0 unspecified atom stereocenters. The summed E-state index contributed by atoms with van der Waals surface area (Å²) in [5.41, 5.74) is 3.27. The zero-order valence-corrected chi connectivity index (χ0v) is 18.4. The van der Waals surface area contributed by atoms with Crippen molar-refractivity contribution in [2.45, 2.75) is 19.4 Å². The smallest absolute Gasteiger partial charge is 0.253 e. The Morgan fingerprint density at radius 1 is 1.15 bits per heavy atom. The van der Waals surface area contributed by atoms with E-state index in [9.17, 15) is 14.0 Å². The van der Waals surface area contributed by atoms with Crippen molar-refractivity contribution in [1.29, 1.82) is 0 Å². The number of morpholine rings is 1. The van der Waals surface area contributed by atoms with Gasteiger partial charge in [-0.05, 0) is 42.3 Å². The first-order chi connectivity index (χ1) is 16.0. The molecule has 2 aromatic rings. The number of methoxy groups -OCH3 is 1. The summed E-state index contributed by atoms with van der Waals surface area (Å²) in [5.74, 6) is -0.378. The second-order valence-electron chi connectivity index (χ2n) is 7.42. The van der Waals surface area contributed by atoms with Gasteiger partial charge in [0.05, 0.1) is 32.5 Å². The number of benzene rings is 2. The van der Waals surface area contributed by atoms with Crippen LogP contribution in [0.3, 0.4) is 0 Å². The quantitative estimate of drug-likeness (QED) is 0.283. The maximum absolute atomic E-state index is 13.9. The molecule has 1 heterocycles. The SMILES string of the molecule is COc1ccc(CNC(=O)c2cc(F)ccc2N2CCOCC2)cc1OCCCC(=O)NO. The third kappa shape index (κ3) is 6.80. The minimum Gasteiger partial charge on any atom is -0.493 e. The van der Waals surface area contributed by atoms with E-state index in [4.69, 9.17) is 19.4 Å². The zero-order valence-electron chi connectivity index (χ0n) is 18.4. The Morgan fingerprint density at radius 2 is 1.94 bits per heavy atom. The van der Waals surface area contributed by atoms with Crippen LogP contribution in [-0.4, -0.2) is 57.0 Å². The van der Waals surface area contributed by atoms with E-state index in [1.165, 1.54) is 19.2 Å². The standard InChI is InChI=1S/C23H28FN3O6/c1-31-20-7-4-16(13-21(20)33-10-2-3-22(28)26-30)15-25-23(29)18-14-17(24)5-6-19(18)27-8-11-32-12-9-27/h4-7,13-14,30H,2-3,8-12,15H2,1H3,(H,25,29)(H,26,28). The average Bonchev–Trinajstić information content (AvgIpc) is 2.85. The number of carbonyl (C=O) groups is 2. The van der Waals surface area contributed by atoms with Gasteiger partial charge in [0.25, 0.3) is 5.91 Å². The van der Waals surface area contributed by atoms with Crippen molar-refractivity contribution in [3.8, 4) is 11.5 Å². The maximum Gasteiger partial charge on any atom is 0.253 e. The van der Waals surface area contributed by atoms with E-state index in [1.807, 2.05) is 4.90 Å². The van der Waals surface area contributed by atoms with Gasteiger partial charge in [-0.15, -0.1) is 0 Å². The molecule has 3 N–H and O–H groups in total. The first-order valence-corrected chi connectivity index (χ1v) is 10.6. The number of halogens is 1. The molecule has 3 rings (SSSR count). The molecule has 178 valence electrons. The number of amides is 2. The van der Waals surface area contributed by atoms with E-state index >= 15 is 0 Å². The van der Waals surface area contributed by atoms with Crippen molar-refractivity contribution in [1.82, 2.24) is 10.8 Å². The molecule has 1 fully saturated rings. The van der Waals surface area contributed by atoms with Crippen LogP contribution in [0.25, 0.3) is 0 Å². The molecule has 2 aromatic carbocycles. The molecular weight excluding hydrogens is 433 g/mol. The third-order valence-electron chi connectivity index (χ3n) is 5.17. The van der Waals surface area contributed by atoms with Gasteiger partial charge in [-0.2, -0.15) is 0 Å². The van der Waals surface area contributed by atoms with Crippen molar-refractivity contribution in [2.24, 2.45) is 0 Å². The van der Waals surface area contributed by atoms with Crippen molar-refractivity contribution < 1.29 is 33.4 Å². The van der Waals surface area contributed by atoms with Crippen molar-refractivity contribution in [3.63, 3.8) is 0 Å². The topological polar surface area (TPSA) is 109 Å². The summed E-state index contributed by atoms with van der Waals surface area (Å²) in [5, 5.41) is 11.4. The first kappa shape index (κ1) is 24.3. The van der Waals surface area contributed by atoms with Crippen LogP contribution in [-0.2, 0) is 16.1 Å². The van der Waals surface area contributed by atoms with Gasteiger partial charge >= 0.3 is 0 Å². The minimum absolute atomic E-state index is 0.119. The molecule has 0 radical (unpaired) electrons. The predicted molar refractivity (Wildman–Crippen MR) is 118 cm³/mol. The molecule has 9 nitrogen and oxygen atoms in total. The highest BCUT2D eigenvalue weighted by molar-refractivity contribution is 5.99. The van der Waals surface area contributed by atoms with E-state index in [0.717, 1.165) is 5.56 Å². The summed E-state index contributed by atoms with van der Waals surface area (Å²) >= 11 is 0. The van der Waals surface area contributed by atoms with Crippen LogP contribution in [0.1, 0.15) is 28.8 Å². The number of nitrogens with zero attached hydrogens (tertiary/aromatic N) is 1. The Morgan fingerprint density at radius 3 is 2.67 bits per heavy atom. The highest BCUT2D eigenvalue weighted by Gasteiger charge is 2.19. The van der Waals surface area contributed by atoms with Gasteiger partial charge in [-0.25, -0.2) is 9.87 Å². The minimum atomic E-state index is -0.490. The largest absolute Gasteiger partial charge is 0.493 e. The van der Waals surface area contributed by atoms with Crippen LogP contribution in [0.15, 0.2) is 36.4 Å². The zero-order chi connectivity index (χ0) is 23.6. The number of hydrogen-bond acceptors (Lipinski definition) is 7. The molecule has 33 heavy (non-hydrogen) atoms. The first-order valence-electron chi connectivity index (χ1n) is 10.6. The molecule has 1 aliphatic rings. The lowest BCUT2D eigenvalue weighted by atomic mass is 10.1. The lowest BCUT2D eigenvalue weighted by Gasteiger charge is -2.30. The van der Waals surface area contributed by atoms with Gasteiger partial charge in [0.1, 0.15) is 5.82 Å². The molecule has 0 aliphatic carbocycles. The normalized spacial score (nSPS) is 13.4. The van der Waals surface area contributed by atoms with Gasteiger partial charge in [0, 0.05) is 31.7 Å². The van der Waals surface area contributed by atoms with Gasteiger partial charge in [-0.1, -0.05) is 6.07 Å². The van der Waals surface area contributed by atoms with Crippen LogP contribution in [0, 0.1) is 5.82 Å². The molecule has 0 spiro atoms. The van der Waals surface area contributed by atoms with E-state index in [-0.39, 0.29) is 31.0 Å². The second-order valence-corrected chi connectivity index (χ2v) is 7.42. The fourth-order valence-corrected chi connectivity index (χ4v) is 3.46. The van der Waals surface area contributed by atoms with Crippen LogP contribution in [0.2, 0.25) is 0 Å². The van der Waals surface area contributed by atoms with Gasteiger partial charge < -0.3 is 24.4 Å². The third-order valence-corrected chi connectivity index (χ3v) is 5.17. The second kappa shape index (κ2) is 12.0. The summed E-state index contributed by atoms with van der Waals surface area (Å²) in [7, 11) is 1.51. The molecule has 10 heteroatoms. The Kier molecular flexibility index (Phi) is 8.85. The fraction of sp³-hybridized carbons (Fsp3) is 0.391. The Bertz CT molecular complexity index is 965. The molecule has 0 saturated carbocycles. The van der Waals surface area contributed by atoms with E-state index in [2.05, 4.69) is 5.32 Å². The summed E-state index contributed by atoms with van der Waals surface area (Å²) in [6.45, 7) is 2.81. The van der Waals surface area contributed by atoms with E-state index in [0.29, 0.717) is 49.9 Å². The summed E-state index contributed by atoms with van der Waals surface area (Å²) in [6, 6.07) is 9.45. The number of nitrogens with one attached hydrogen (secondary N) is 2. The van der Waals surface area contributed by atoms with Crippen LogP contribution < -0.4 is 25.2 Å². The van der Waals surface area contributed by atoms with Gasteiger partial charge in [0.2, 0.25) is 5.91 Å². The molecule has 0 aromatic heterocycles. The van der Waals surface area contributed by atoms with E-state index in [1.54, 1.807) is 29.7 Å². The number of hydroxylamine groups is 1. The number of carbonyl (C=O) groups excluding carboxylic acids is 2. The molecule has 1 saturated heterocycles. The Balaban J connectivity index is 1.65. The summed E-state index contributed by atoms with van der Waals surface area (Å²) in [6.07, 6.45) is 0.522. The predicted octanol–water partition coefficient (Wildman–Crippen LogP) is 2.27. The summed E-state index contributed by atoms with van der Waals surface area (Å²) < 4.78 is 30.3. The van der Waals surface area contributed by atoms with Gasteiger partial charge in [0.15, 0.2) is 11.5 Å². The Labute approximate surface area is 191 Å². The fourth-order valence-electron chi connectivity index (χ4n) is 3.46. The van der Waals surface area contributed by atoms with Crippen molar-refractivity contribution >= 4 is 17.5 Å². The molecule has 2 amide bonds. The van der Waals surface area contributed by atoms with Crippen LogP contribution >= 0.6 is 0 Å². The maximum atomic E-state index is 13.9. The molecule has 1 aliphatic heterocycles. The number of hydrogen-bond donors (Lipinski definition) is 3. The van der Waals surface area contributed by atoms with Gasteiger partial charge in [-0.3, -0.25) is 14.8 Å². The average molecular weight is 461 g/mol. The molecule has 0 bridgehead atoms. The number of rotatable bonds is 10. The highest BCUT2D eigenvalue weighted by atomic mass is 19.1. The highest BCUT2D eigenvalue weighted by Crippen LogP contribution is 2.28. The number of anilines is 1. The molecule has 0 atom stereocenters.